The van der Waals surface area contributed by atoms with E-state index in [1.807, 2.05) is 6.07 Å². The Morgan fingerprint density at radius 3 is 2.52 bits per heavy atom. The molecule has 6 heteroatoms. The second-order valence-corrected chi connectivity index (χ2v) is 9.79. The molecule has 1 amide bonds. The van der Waals surface area contributed by atoms with Crippen molar-refractivity contribution in [2.24, 2.45) is 5.92 Å². The van der Waals surface area contributed by atoms with Crippen LogP contribution in [0.25, 0.3) is 0 Å². The first-order valence-corrected chi connectivity index (χ1v) is 12.1. The van der Waals surface area contributed by atoms with Crippen molar-refractivity contribution in [1.82, 2.24) is 10.2 Å². The lowest BCUT2D eigenvalue weighted by molar-refractivity contribution is 0.0948. The van der Waals surface area contributed by atoms with Crippen LogP contribution < -0.4 is 10.2 Å². The number of halogens is 1. The van der Waals surface area contributed by atoms with Crippen LogP contribution in [0.3, 0.4) is 0 Å². The van der Waals surface area contributed by atoms with E-state index in [0.29, 0.717) is 12.0 Å². The van der Waals surface area contributed by atoms with Crippen LogP contribution in [-0.4, -0.2) is 43.0 Å². The summed E-state index contributed by atoms with van der Waals surface area (Å²) in [6, 6.07) is 15.1. The van der Waals surface area contributed by atoms with Crippen LogP contribution in [0.5, 0.6) is 0 Å². The number of likely N-dealkylation sites (tertiary alicyclic amines) is 1. The topological polar surface area (TPSA) is 35.6 Å². The molecule has 1 fully saturated rings. The van der Waals surface area contributed by atoms with Crippen molar-refractivity contribution in [3.63, 3.8) is 0 Å². The van der Waals surface area contributed by atoms with Crippen molar-refractivity contribution in [2.45, 2.75) is 55.9 Å². The number of carbonyl (C=O) groups excluding carboxylic acids is 1. The Morgan fingerprint density at radius 1 is 1.06 bits per heavy atom. The van der Waals surface area contributed by atoms with Gasteiger partial charge < -0.3 is 15.1 Å². The van der Waals surface area contributed by atoms with E-state index < -0.39 is 0 Å². The minimum absolute atomic E-state index is 0. The molecule has 0 spiro atoms. The van der Waals surface area contributed by atoms with E-state index in [-0.39, 0.29) is 18.3 Å². The third kappa shape index (κ3) is 5.39. The zero-order valence-corrected chi connectivity index (χ0v) is 20.4. The second-order valence-electron chi connectivity index (χ2n) is 8.70. The fraction of sp³-hybridized carbons (Fsp3) is 0.480. The summed E-state index contributed by atoms with van der Waals surface area (Å²) in [4.78, 5) is 20.3. The molecule has 2 aliphatic heterocycles. The molecule has 1 saturated heterocycles. The number of fused-ring (bicyclic) bond motifs is 2. The molecule has 1 unspecified atom stereocenters. The van der Waals surface area contributed by atoms with E-state index in [0.717, 1.165) is 30.8 Å². The Kier molecular flexibility index (Phi) is 8.31. The number of hydrogen-bond acceptors (Lipinski definition) is 4. The molecule has 2 atom stereocenters. The van der Waals surface area contributed by atoms with Crippen molar-refractivity contribution in [1.29, 1.82) is 0 Å². The molecule has 2 aromatic rings. The van der Waals surface area contributed by atoms with E-state index in [1.54, 1.807) is 11.8 Å². The van der Waals surface area contributed by atoms with Gasteiger partial charge in [0.25, 0.3) is 5.91 Å². The molecule has 0 saturated carbocycles. The molecule has 31 heavy (non-hydrogen) atoms. The van der Waals surface area contributed by atoms with Gasteiger partial charge in [-0.05, 0) is 69.1 Å². The number of hydrogen-bond donors (Lipinski definition) is 1. The predicted molar refractivity (Wildman–Crippen MR) is 133 cm³/mol. The summed E-state index contributed by atoms with van der Waals surface area (Å²) in [5, 5.41) is 3.11. The lowest BCUT2D eigenvalue weighted by Crippen LogP contribution is -2.40. The largest absolute Gasteiger partial charge is 0.352 e. The van der Waals surface area contributed by atoms with Crippen LogP contribution in [0.2, 0.25) is 0 Å². The molecule has 2 aromatic carbocycles. The highest BCUT2D eigenvalue weighted by Gasteiger charge is 2.29. The number of nitrogens with zero attached hydrogens (tertiary/aromatic N) is 2. The Hall–Kier alpha value is -1.69. The van der Waals surface area contributed by atoms with E-state index in [1.165, 1.54) is 41.4 Å². The van der Waals surface area contributed by atoms with Crippen molar-refractivity contribution in [3.8, 4) is 0 Å². The summed E-state index contributed by atoms with van der Waals surface area (Å²) in [6.45, 7) is 10.8. The Labute approximate surface area is 197 Å². The first-order chi connectivity index (χ1) is 14.6. The summed E-state index contributed by atoms with van der Waals surface area (Å²) in [5.41, 5.74) is 3.15. The average molecular weight is 460 g/mol. The summed E-state index contributed by atoms with van der Waals surface area (Å²) in [5.74, 6) is 0.514. The second kappa shape index (κ2) is 10.8. The average Bonchev–Trinajstić information content (AvgIpc) is 3.27. The number of anilines is 2. The highest BCUT2D eigenvalue weighted by atomic mass is 35.5. The molecule has 168 valence electrons. The molecule has 0 aliphatic carbocycles. The molecule has 0 aromatic heterocycles. The molecular formula is C25H34ClN3OS. The van der Waals surface area contributed by atoms with Gasteiger partial charge in [-0.25, -0.2) is 0 Å². The molecule has 4 nitrogen and oxygen atoms in total. The maximum atomic E-state index is 12.8. The minimum atomic E-state index is 0. The first-order valence-electron chi connectivity index (χ1n) is 11.3. The maximum absolute atomic E-state index is 12.8. The van der Waals surface area contributed by atoms with Crippen molar-refractivity contribution >= 4 is 41.5 Å². The fourth-order valence-electron chi connectivity index (χ4n) is 4.33. The quantitative estimate of drug-likeness (QED) is 0.553. The first kappa shape index (κ1) is 24.0. The lowest BCUT2D eigenvalue weighted by Gasteiger charge is -2.39. The van der Waals surface area contributed by atoms with E-state index in [4.69, 9.17) is 0 Å². The van der Waals surface area contributed by atoms with Gasteiger partial charge in [-0.15, -0.1) is 12.4 Å². The lowest BCUT2D eigenvalue weighted by atomic mass is 10.1. The Balaban J connectivity index is 0.00000272. The van der Waals surface area contributed by atoms with E-state index in [2.05, 4.69) is 72.3 Å². The highest BCUT2D eigenvalue weighted by Crippen LogP contribution is 2.49. The predicted octanol–water partition coefficient (Wildman–Crippen LogP) is 5.97. The third-order valence-corrected chi connectivity index (χ3v) is 7.43. The van der Waals surface area contributed by atoms with E-state index in [9.17, 15) is 4.79 Å². The minimum Gasteiger partial charge on any atom is -0.352 e. The standard InChI is InChI=1S/C25H33N3OS.ClH/c1-4-18(2)16-26-25(29)20-11-12-24-22(15-20)28(19(3)17-27-13-7-8-14-27)21-9-5-6-10-23(21)30-24;/h5-6,9-12,15,18-19H,4,7-8,13-14,16-17H2,1-3H3,(H,26,29);1H/t18-,19?;/m0./s1. The summed E-state index contributed by atoms with van der Waals surface area (Å²) < 4.78 is 0. The number of amides is 1. The fourth-order valence-corrected chi connectivity index (χ4v) is 5.39. The Bertz CT molecular complexity index is 900. The van der Waals surface area contributed by atoms with Crippen LogP contribution in [0.15, 0.2) is 52.3 Å². The van der Waals surface area contributed by atoms with Crippen LogP contribution in [0, 0.1) is 5.92 Å². The molecule has 1 N–H and O–H groups in total. The molecule has 0 radical (unpaired) electrons. The summed E-state index contributed by atoms with van der Waals surface area (Å²) in [6.07, 6.45) is 3.67. The molecule has 2 aliphatic rings. The van der Waals surface area contributed by atoms with Gasteiger partial charge >= 0.3 is 0 Å². The van der Waals surface area contributed by atoms with Crippen molar-refractivity contribution in [3.05, 3.63) is 48.0 Å². The molecular weight excluding hydrogens is 426 g/mol. The summed E-state index contributed by atoms with van der Waals surface area (Å²) in [7, 11) is 0. The van der Waals surface area contributed by atoms with Crippen LogP contribution in [-0.2, 0) is 0 Å². The van der Waals surface area contributed by atoms with Crippen molar-refractivity contribution < 1.29 is 4.79 Å². The number of nitrogens with one attached hydrogen (secondary N) is 1. The molecule has 4 rings (SSSR count). The Morgan fingerprint density at radius 2 is 1.77 bits per heavy atom. The van der Waals surface area contributed by atoms with Gasteiger partial charge in [0, 0.05) is 34.5 Å². The van der Waals surface area contributed by atoms with Crippen LogP contribution in [0.1, 0.15) is 50.4 Å². The highest BCUT2D eigenvalue weighted by molar-refractivity contribution is 7.99. The van der Waals surface area contributed by atoms with Gasteiger partial charge in [0.05, 0.1) is 11.4 Å². The smallest absolute Gasteiger partial charge is 0.251 e. The number of para-hydroxylation sites is 1. The number of benzene rings is 2. The number of carbonyl (C=O) groups is 1. The summed E-state index contributed by atoms with van der Waals surface area (Å²) >= 11 is 1.80. The number of rotatable bonds is 7. The van der Waals surface area contributed by atoms with Gasteiger partial charge in [0.1, 0.15) is 0 Å². The van der Waals surface area contributed by atoms with Gasteiger partial charge in [0.15, 0.2) is 0 Å². The van der Waals surface area contributed by atoms with Gasteiger partial charge in [0.2, 0.25) is 0 Å². The molecule has 2 heterocycles. The SMILES string of the molecule is CC[C@H](C)CNC(=O)c1ccc2c(c1)N(C(C)CN1CCCC1)c1ccccc1S2.Cl. The normalized spacial score (nSPS) is 17.3. The monoisotopic (exact) mass is 459 g/mol. The maximum Gasteiger partial charge on any atom is 0.251 e. The zero-order chi connectivity index (χ0) is 21.1. The van der Waals surface area contributed by atoms with Gasteiger partial charge in [-0.3, -0.25) is 4.79 Å². The molecule has 0 bridgehead atoms. The zero-order valence-electron chi connectivity index (χ0n) is 18.8. The van der Waals surface area contributed by atoms with Crippen molar-refractivity contribution in [2.75, 3.05) is 31.1 Å². The van der Waals surface area contributed by atoms with Crippen LogP contribution >= 0.6 is 24.2 Å². The van der Waals surface area contributed by atoms with Gasteiger partial charge in [-0.2, -0.15) is 0 Å². The van der Waals surface area contributed by atoms with E-state index >= 15 is 0 Å². The third-order valence-electron chi connectivity index (χ3n) is 6.30. The van der Waals surface area contributed by atoms with Crippen LogP contribution in [0.4, 0.5) is 11.4 Å². The van der Waals surface area contributed by atoms with Gasteiger partial charge in [-0.1, -0.05) is 44.2 Å².